The summed E-state index contributed by atoms with van der Waals surface area (Å²) in [5.41, 5.74) is 3.48. The van der Waals surface area contributed by atoms with Crippen molar-refractivity contribution >= 4 is 7.85 Å². The highest BCUT2D eigenvalue weighted by molar-refractivity contribution is 6.16. The van der Waals surface area contributed by atoms with E-state index < -0.39 is 0 Å². The van der Waals surface area contributed by atoms with Crippen LogP contribution in [0.2, 0.25) is 0 Å². The fourth-order valence-corrected chi connectivity index (χ4v) is 2.35. The number of benzene rings is 1. The van der Waals surface area contributed by atoms with Gasteiger partial charge in [0.25, 0.3) is 0 Å². The maximum Gasteiger partial charge on any atom is 0.115 e. The molecule has 1 aromatic rings. The predicted octanol–water partition coefficient (Wildman–Crippen LogP) is 2.12. The van der Waals surface area contributed by atoms with Crippen LogP contribution in [0, 0.1) is 5.41 Å². The summed E-state index contributed by atoms with van der Waals surface area (Å²) in [6.45, 7) is 7.10. The van der Waals surface area contributed by atoms with Crippen molar-refractivity contribution in [2.75, 3.05) is 0 Å². The summed E-state index contributed by atoms with van der Waals surface area (Å²) in [6, 6.07) is 8.86. The third-order valence-electron chi connectivity index (χ3n) is 4.02. The zero-order valence-corrected chi connectivity index (χ0v) is 9.02. The topological polar surface area (TPSA) is 0 Å². The second kappa shape index (κ2) is 2.40. The maximum absolute atomic E-state index is 2.37. The standard InChI is InChI=1S/C12H17B/c1-11(2)8-9-6-4-5-7-10(9)12(11,3)13/h4-7H,8,13H2,1-3H3. The van der Waals surface area contributed by atoms with Gasteiger partial charge in [0.2, 0.25) is 0 Å². The van der Waals surface area contributed by atoms with Gasteiger partial charge in [-0.05, 0) is 28.3 Å². The molecule has 1 unspecified atom stereocenters. The van der Waals surface area contributed by atoms with Crippen molar-refractivity contribution in [3.05, 3.63) is 35.4 Å². The largest absolute Gasteiger partial charge is 0.115 e. The molecule has 0 spiro atoms. The van der Waals surface area contributed by atoms with E-state index in [9.17, 15) is 0 Å². The van der Waals surface area contributed by atoms with E-state index in [0.29, 0.717) is 10.7 Å². The van der Waals surface area contributed by atoms with E-state index in [-0.39, 0.29) is 0 Å². The van der Waals surface area contributed by atoms with Crippen LogP contribution in [0.15, 0.2) is 24.3 Å². The van der Waals surface area contributed by atoms with Crippen LogP contribution in [0.3, 0.4) is 0 Å². The molecule has 1 aliphatic carbocycles. The molecule has 1 atom stereocenters. The van der Waals surface area contributed by atoms with Crippen molar-refractivity contribution in [1.29, 1.82) is 0 Å². The Balaban J connectivity index is 2.60. The summed E-state index contributed by atoms with van der Waals surface area (Å²) in [6.07, 6.45) is 1.22. The molecule has 0 radical (unpaired) electrons. The molecular weight excluding hydrogens is 155 g/mol. The number of fused-ring (bicyclic) bond motifs is 1. The highest BCUT2D eigenvalue weighted by Crippen LogP contribution is 2.48. The summed E-state index contributed by atoms with van der Waals surface area (Å²) >= 11 is 0. The van der Waals surface area contributed by atoms with Gasteiger partial charge >= 0.3 is 0 Å². The fraction of sp³-hybridized carbons (Fsp3) is 0.500. The molecule has 2 rings (SSSR count). The van der Waals surface area contributed by atoms with Crippen molar-refractivity contribution in [3.8, 4) is 0 Å². The predicted molar refractivity (Wildman–Crippen MR) is 59.8 cm³/mol. The van der Waals surface area contributed by atoms with Crippen LogP contribution in [-0.4, -0.2) is 7.85 Å². The van der Waals surface area contributed by atoms with Crippen LogP contribution >= 0.6 is 0 Å². The first-order chi connectivity index (χ1) is 5.95. The molecule has 0 nitrogen and oxygen atoms in total. The second-order valence-electron chi connectivity index (χ2n) is 5.34. The van der Waals surface area contributed by atoms with Crippen molar-refractivity contribution in [1.82, 2.24) is 0 Å². The molecule has 1 aliphatic rings. The van der Waals surface area contributed by atoms with Gasteiger partial charge in [-0.1, -0.05) is 45.0 Å². The smallest absolute Gasteiger partial charge is 0.0624 e. The minimum absolute atomic E-state index is 0.323. The molecule has 0 aromatic heterocycles. The first kappa shape index (κ1) is 8.86. The lowest BCUT2D eigenvalue weighted by Gasteiger charge is -2.35. The van der Waals surface area contributed by atoms with Crippen LogP contribution in [0.25, 0.3) is 0 Å². The summed E-state index contributed by atoms with van der Waals surface area (Å²) in [4.78, 5) is 0. The Bertz CT molecular complexity index is 337. The molecule has 0 heterocycles. The fourth-order valence-electron chi connectivity index (χ4n) is 2.35. The van der Waals surface area contributed by atoms with Gasteiger partial charge in [0, 0.05) is 0 Å². The zero-order valence-electron chi connectivity index (χ0n) is 9.02. The average Bonchev–Trinajstić information content (AvgIpc) is 2.20. The number of hydrogen-bond acceptors (Lipinski definition) is 0. The lowest BCUT2D eigenvalue weighted by molar-refractivity contribution is 0.290. The Kier molecular flexibility index (Phi) is 1.64. The van der Waals surface area contributed by atoms with E-state index in [1.807, 2.05) is 0 Å². The van der Waals surface area contributed by atoms with Gasteiger partial charge in [0.05, 0.1) is 0 Å². The van der Waals surface area contributed by atoms with Crippen molar-refractivity contribution in [2.24, 2.45) is 5.41 Å². The van der Waals surface area contributed by atoms with E-state index in [1.165, 1.54) is 12.0 Å². The molecule has 0 N–H and O–H groups in total. The monoisotopic (exact) mass is 172 g/mol. The molecule has 1 heteroatoms. The maximum atomic E-state index is 2.37. The summed E-state index contributed by atoms with van der Waals surface area (Å²) < 4.78 is 0. The number of hydrogen-bond donors (Lipinski definition) is 0. The average molecular weight is 172 g/mol. The molecule has 0 bridgehead atoms. The molecule has 13 heavy (non-hydrogen) atoms. The Hall–Kier alpha value is -0.715. The van der Waals surface area contributed by atoms with Crippen molar-refractivity contribution in [2.45, 2.75) is 32.5 Å². The summed E-state index contributed by atoms with van der Waals surface area (Å²) in [5, 5.41) is 0.323. The quantitative estimate of drug-likeness (QED) is 0.526. The van der Waals surface area contributed by atoms with Gasteiger partial charge in [-0.25, -0.2) is 0 Å². The molecule has 0 amide bonds. The van der Waals surface area contributed by atoms with E-state index in [4.69, 9.17) is 0 Å². The Labute approximate surface area is 81.8 Å². The lowest BCUT2D eigenvalue weighted by atomic mass is 9.55. The zero-order chi connectivity index (χ0) is 9.69. The SMILES string of the molecule is BC1(C)c2ccccc2CC1(C)C. The first-order valence-electron chi connectivity index (χ1n) is 5.03. The Morgan fingerprint density at radius 3 is 2.38 bits per heavy atom. The van der Waals surface area contributed by atoms with Gasteiger partial charge in [0.15, 0.2) is 0 Å². The van der Waals surface area contributed by atoms with E-state index in [2.05, 4.69) is 52.9 Å². The van der Waals surface area contributed by atoms with E-state index in [1.54, 1.807) is 5.56 Å². The molecular formula is C12H17B. The Morgan fingerprint density at radius 2 is 1.77 bits per heavy atom. The summed E-state index contributed by atoms with van der Waals surface area (Å²) in [7, 11) is 2.36. The van der Waals surface area contributed by atoms with Gasteiger partial charge in [-0.2, -0.15) is 0 Å². The normalized spacial score (nSPS) is 30.1. The highest BCUT2D eigenvalue weighted by Gasteiger charge is 2.44. The molecule has 0 saturated heterocycles. The van der Waals surface area contributed by atoms with Crippen LogP contribution in [-0.2, 0) is 11.7 Å². The van der Waals surface area contributed by atoms with Gasteiger partial charge in [-0.3, -0.25) is 0 Å². The first-order valence-corrected chi connectivity index (χ1v) is 5.03. The minimum atomic E-state index is 0.323. The van der Waals surface area contributed by atoms with Crippen molar-refractivity contribution < 1.29 is 0 Å². The third kappa shape index (κ3) is 1.06. The van der Waals surface area contributed by atoms with Crippen LogP contribution in [0.5, 0.6) is 0 Å². The third-order valence-corrected chi connectivity index (χ3v) is 4.02. The van der Waals surface area contributed by atoms with E-state index >= 15 is 0 Å². The Morgan fingerprint density at radius 1 is 1.15 bits per heavy atom. The molecule has 0 aliphatic heterocycles. The van der Waals surface area contributed by atoms with Crippen LogP contribution in [0.4, 0.5) is 0 Å². The number of rotatable bonds is 0. The van der Waals surface area contributed by atoms with Crippen molar-refractivity contribution in [3.63, 3.8) is 0 Å². The van der Waals surface area contributed by atoms with Crippen LogP contribution < -0.4 is 0 Å². The summed E-state index contributed by atoms with van der Waals surface area (Å²) in [5.74, 6) is 0. The van der Waals surface area contributed by atoms with Gasteiger partial charge in [-0.15, -0.1) is 0 Å². The highest BCUT2D eigenvalue weighted by atomic mass is 14.4. The molecule has 1 aromatic carbocycles. The molecule has 68 valence electrons. The second-order valence-corrected chi connectivity index (χ2v) is 5.34. The van der Waals surface area contributed by atoms with E-state index in [0.717, 1.165) is 0 Å². The minimum Gasteiger partial charge on any atom is -0.0624 e. The molecule has 0 fully saturated rings. The van der Waals surface area contributed by atoms with Gasteiger partial charge < -0.3 is 0 Å². The lowest BCUT2D eigenvalue weighted by Crippen LogP contribution is -2.35. The van der Waals surface area contributed by atoms with Gasteiger partial charge in [0.1, 0.15) is 7.85 Å². The van der Waals surface area contributed by atoms with Crippen LogP contribution in [0.1, 0.15) is 31.9 Å². The molecule has 0 saturated carbocycles.